The number of hydrogen-bond donors (Lipinski definition) is 3. The molecule has 1 rings (SSSR count). The molecule has 0 aromatic carbocycles. The quantitative estimate of drug-likeness (QED) is 0.202. The number of hydrogen-bond acceptors (Lipinski definition) is 4. The van der Waals surface area contributed by atoms with Gasteiger partial charge in [0.1, 0.15) is 5.69 Å². The van der Waals surface area contributed by atoms with E-state index in [1.165, 1.54) is 38.5 Å². The molecule has 0 radical (unpaired) electrons. The monoisotopic (exact) mass is 278 g/mol. The first-order valence-corrected chi connectivity index (χ1v) is 7.42. The summed E-state index contributed by atoms with van der Waals surface area (Å²) in [6.45, 7) is 3.90. The number of unbranched alkanes of at least 4 members (excludes halogenated alkanes) is 5. The van der Waals surface area contributed by atoms with Crippen LogP contribution in [0.4, 0.5) is 0 Å². The number of nitrogens with zero attached hydrogens (tertiary/aromatic N) is 2. The molecule has 0 aliphatic heterocycles. The highest BCUT2D eigenvalue weighted by Crippen LogP contribution is 2.06. The molecular weight excluding hydrogens is 252 g/mol. The van der Waals surface area contributed by atoms with Crippen LogP contribution in [0.3, 0.4) is 0 Å². The summed E-state index contributed by atoms with van der Waals surface area (Å²) < 4.78 is 0. The van der Waals surface area contributed by atoms with Gasteiger partial charge in [-0.05, 0) is 24.6 Å². The minimum absolute atomic E-state index is 0.0574. The average Bonchev–Trinajstić information content (AvgIpc) is 2.49. The van der Waals surface area contributed by atoms with E-state index < -0.39 is 0 Å². The molecular formula is C15H26N4O. The molecule has 0 fully saturated rings. The van der Waals surface area contributed by atoms with Crippen molar-refractivity contribution in [1.29, 1.82) is 0 Å². The number of amidine groups is 1. The van der Waals surface area contributed by atoms with Gasteiger partial charge in [0.05, 0.1) is 0 Å². The van der Waals surface area contributed by atoms with Crippen LogP contribution in [-0.4, -0.2) is 22.6 Å². The van der Waals surface area contributed by atoms with Gasteiger partial charge in [-0.3, -0.25) is 4.98 Å². The van der Waals surface area contributed by atoms with Crippen LogP contribution in [0.5, 0.6) is 0 Å². The first kappa shape index (κ1) is 16.4. The molecule has 0 atom stereocenters. The number of oxime groups is 1. The maximum Gasteiger partial charge on any atom is 0.189 e. The SMILES string of the molecule is CCCCCCCCNCc1cccnc1/C(N)=N/O. The van der Waals surface area contributed by atoms with E-state index in [1.807, 2.05) is 12.1 Å². The summed E-state index contributed by atoms with van der Waals surface area (Å²) in [5, 5.41) is 15.1. The molecule has 5 nitrogen and oxygen atoms in total. The molecule has 0 spiro atoms. The molecule has 112 valence electrons. The first-order chi connectivity index (χ1) is 9.79. The van der Waals surface area contributed by atoms with Crippen LogP contribution in [0.2, 0.25) is 0 Å². The summed E-state index contributed by atoms with van der Waals surface area (Å²) in [4.78, 5) is 4.14. The van der Waals surface area contributed by atoms with Crippen molar-refractivity contribution < 1.29 is 5.21 Å². The van der Waals surface area contributed by atoms with Gasteiger partial charge >= 0.3 is 0 Å². The Morgan fingerprint density at radius 1 is 1.30 bits per heavy atom. The fourth-order valence-electron chi connectivity index (χ4n) is 2.11. The maximum atomic E-state index is 8.73. The van der Waals surface area contributed by atoms with Gasteiger partial charge in [0.15, 0.2) is 5.84 Å². The predicted octanol–water partition coefficient (Wildman–Crippen LogP) is 2.63. The summed E-state index contributed by atoms with van der Waals surface area (Å²) >= 11 is 0. The molecule has 1 aromatic heterocycles. The van der Waals surface area contributed by atoms with E-state index in [0.717, 1.165) is 12.1 Å². The molecule has 0 aliphatic rings. The lowest BCUT2D eigenvalue weighted by Crippen LogP contribution is -2.21. The fraction of sp³-hybridized carbons (Fsp3) is 0.600. The largest absolute Gasteiger partial charge is 0.409 e. The van der Waals surface area contributed by atoms with Crippen LogP contribution >= 0.6 is 0 Å². The Labute approximate surface area is 121 Å². The van der Waals surface area contributed by atoms with Crippen LogP contribution in [0.1, 0.15) is 56.7 Å². The summed E-state index contributed by atoms with van der Waals surface area (Å²) in [6, 6.07) is 3.80. The Hall–Kier alpha value is -1.62. The van der Waals surface area contributed by atoms with Gasteiger partial charge in [-0.1, -0.05) is 50.2 Å². The molecule has 0 amide bonds. The lowest BCUT2D eigenvalue weighted by Gasteiger charge is -2.08. The molecule has 5 heteroatoms. The van der Waals surface area contributed by atoms with Crippen molar-refractivity contribution in [3.8, 4) is 0 Å². The zero-order valence-corrected chi connectivity index (χ0v) is 12.3. The highest BCUT2D eigenvalue weighted by molar-refractivity contribution is 5.96. The Balaban J connectivity index is 2.25. The summed E-state index contributed by atoms with van der Waals surface area (Å²) in [7, 11) is 0. The second kappa shape index (κ2) is 10.2. The van der Waals surface area contributed by atoms with E-state index in [-0.39, 0.29) is 5.84 Å². The fourth-order valence-corrected chi connectivity index (χ4v) is 2.11. The van der Waals surface area contributed by atoms with E-state index >= 15 is 0 Å². The van der Waals surface area contributed by atoms with Gasteiger partial charge in [0.25, 0.3) is 0 Å². The topological polar surface area (TPSA) is 83.5 Å². The van der Waals surface area contributed by atoms with Crippen molar-refractivity contribution >= 4 is 5.84 Å². The summed E-state index contributed by atoms with van der Waals surface area (Å²) in [5.74, 6) is 0.0574. The van der Waals surface area contributed by atoms with Crippen molar-refractivity contribution in [3.05, 3.63) is 29.6 Å². The average molecular weight is 278 g/mol. The third-order valence-electron chi connectivity index (χ3n) is 3.26. The van der Waals surface area contributed by atoms with Gasteiger partial charge in [0, 0.05) is 12.7 Å². The zero-order valence-electron chi connectivity index (χ0n) is 12.3. The van der Waals surface area contributed by atoms with Crippen LogP contribution < -0.4 is 11.1 Å². The number of aromatic nitrogens is 1. The minimum atomic E-state index is 0.0574. The molecule has 0 bridgehead atoms. The summed E-state index contributed by atoms with van der Waals surface area (Å²) in [5.41, 5.74) is 7.10. The third-order valence-corrected chi connectivity index (χ3v) is 3.26. The molecule has 20 heavy (non-hydrogen) atoms. The molecule has 1 heterocycles. The Bertz CT molecular complexity index is 407. The van der Waals surface area contributed by atoms with Gasteiger partial charge in [-0.25, -0.2) is 0 Å². The molecule has 0 unspecified atom stereocenters. The van der Waals surface area contributed by atoms with Gasteiger partial charge in [-0.15, -0.1) is 0 Å². The zero-order chi connectivity index (χ0) is 14.6. The van der Waals surface area contributed by atoms with Crippen LogP contribution in [0.15, 0.2) is 23.5 Å². The van der Waals surface area contributed by atoms with E-state index in [2.05, 4.69) is 22.4 Å². The molecule has 4 N–H and O–H groups in total. The number of nitrogens with one attached hydrogen (secondary N) is 1. The normalized spacial score (nSPS) is 11.8. The van der Waals surface area contributed by atoms with Crippen LogP contribution in [0.25, 0.3) is 0 Å². The smallest absolute Gasteiger partial charge is 0.189 e. The van der Waals surface area contributed by atoms with E-state index in [4.69, 9.17) is 10.9 Å². The van der Waals surface area contributed by atoms with Crippen molar-refractivity contribution in [1.82, 2.24) is 10.3 Å². The van der Waals surface area contributed by atoms with Gasteiger partial charge < -0.3 is 16.3 Å². The van der Waals surface area contributed by atoms with Gasteiger partial charge in [0.2, 0.25) is 0 Å². The summed E-state index contributed by atoms with van der Waals surface area (Å²) in [6.07, 6.45) is 9.38. The highest BCUT2D eigenvalue weighted by atomic mass is 16.4. The van der Waals surface area contributed by atoms with E-state index in [1.54, 1.807) is 6.20 Å². The van der Waals surface area contributed by atoms with Crippen molar-refractivity contribution in [2.75, 3.05) is 6.54 Å². The Morgan fingerprint density at radius 2 is 2.05 bits per heavy atom. The van der Waals surface area contributed by atoms with Crippen molar-refractivity contribution in [3.63, 3.8) is 0 Å². The molecule has 1 aromatic rings. The van der Waals surface area contributed by atoms with E-state index in [9.17, 15) is 0 Å². The molecule has 0 saturated heterocycles. The lowest BCUT2D eigenvalue weighted by molar-refractivity contribution is 0.318. The maximum absolute atomic E-state index is 8.73. The highest BCUT2D eigenvalue weighted by Gasteiger charge is 2.07. The lowest BCUT2D eigenvalue weighted by atomic mass is 10.1. The number of nitrogens with two attached hydrogens (primary N) is 1. The van der Waals surface area contributed by atoms with Crippen LogP contribution in [-0.2, 0) is 6.54 Å². The Morgan fingerprint density at radius 3 is 2.80 bits per heavy atom. The Kier molecular flexibility index (Phi) is 8.38. The molecule has 0 aliphatic carbocycles. The van der Waals surface area contributed by atoms with Crippen LogP contribution in [0, 0.1) is 0 Å². The number of rotatable bonds is 10. The van der Waals surface area contributed by atoms with E-state index in [0.29, 0.717) is 12.2 Å². The standard InChI is InChI=1S/C15H26N4O/c1-2-3-4-5-6-7-10-17-12-13-9-8-11-18-14(13)15(16)19-20/h8-9,11,17,20H,2-7,10,12H2,1H3,(H2,16,19). The predicted molar refractivity (Wildman–Crippen MR) is 81.8 cm³/mol. The molecule has 0 saturated carbocycles. The second-order valence-electron chi connectivity index (χ2n) is 4.94. The van der Waals surface area contributed by atoms with Crippen molar-refractivity contribution in [2.45, 2.75) is 52.0 Å². The van der Waals surface area contributed by atoms with Crippen molar-refractivity contribution in [2.24, 2.45) is 10.9 Å². The first-order valence-electron chi connectivity index (χ1n) is 7.42. The second-order valence-corrected chi connectivity index (χ2v) is 4.94. The van der Waals surface area contributed by atoms with Gasteiger partial charge in [-0.2, -0.15) is 0 Å². The number of pyridine rings is 1. The third kappa shape index (κ3) is 6.02. The minimum Gasteiger partial charge on any atom is -0.409 e.